The van der Waals surface area contributed by atoms with Gasteiger partial charge in [-0.2, -0.15) is 4.31 Å². The van der Waals surface area contributed by atoms with Crippen LogP contribution in [0.2, 0.25) is 0 Å². The third-order valence-electron chi connectivity index (χ3n) is 5.64. The van der Waals surface area contributed by atoms with Crippen molar-refractivity contribution in [3.63, 3.8) is 0 Å². The summed E-state index contributed by atoms with van der Waals surface area (Å²) in [5.41, 5.74) is 2.95. The topological polar surface area (TPSA) is 84.9 Å². The monoisotopic (exact) mass is 470 g/mol. The average molecular weight is 471 g/mol. The maximum absolute atomic E-state index is 13.4. The lowest BCUT2D eigenvalue weighted by Crippen LogP contribution is -2.36. The van der Waals surface area contributed by atoms with Crippen LogP contribution in [-0.4, -0.2) is 38.4 Å². The van der Waals surface area contributed by atoms with E-state index in [-0.39, 0.29) is 16.3 Å². The second-order valence-corrected chi connectivity index (χ2v) is 10.4. The van der Waals surface area contributed by atoms with Gasteiger partial charge in [0, 0.05) is 25.2 Å². The minimum absolute atomic E-state index is 0.0501. The number of amides is 1. The lowest BCUT2D eigenvalue weighted by molar-refractivity contribution is 0.0950. The molecule has 0 fully saturated rings. The first-order valence-corrected chi connectivity index (χ1v) is 12.7. The number of para-hydroxylation sites is 1. The number of sulfonamides is 1. The van der Waals surface area contributed by atoms with Crippen LogP contribution in [0.15, 0.2) is 58.8 Å². The molecule has 0 unspecified atom stereocenters. The zero-order valence-electron chi connectivity index (χ0n) is 17.2. The van der Waals surface area contributed by atoms with Crippen molar-refractivity contribution >= 4 is 27.3 Å². The molecule has 1 aromatic heterocycles. The SMILES string of the molecule is O=C(NCc1cccc2c1OCCO2)c1sccc1S(=O)(=O)N1CCc2ccccc2C1. The van der Waals surface area contributed by atoms with Crippen LogP contribution in [0.5, 0.6) is 11.5 Å². The standard InChI is InChI=1S/C23H22N2O5S2/c26-23(24-14-17-6-3-7-19-21(17)30-12-11-29-19)22-20(9-13-31-22)32(27,28)25-10-8-16-4-1-2-5-18(16)15-25/h1-7,9,13H,8,10-12,14-15H2,(H,24,26). The zero-order chi connectivity index (χ0) is 22.1. The maximum Gasteiger partial charge on any atom is 0.263 e. The van der Waals surface area contributed by atoms with E-state index in [1.54, 1.807) is 5.38 Å². The molecule has 1 N–H and O–H groups in total. The van der Waals surface area contributed by atoms with Crippen molar-refractivity contribution < 1.29 is 22.7 Å². The van der Waals surface area contributed by atoms with E-state index in [2.05, 4.69) is 5.32 Å². The second-order valence-electron chi connectivity index (χ2n) is 7.60. The number of hydrogen-bond donors (Lipinski definition) is 1. The molecule has 0 atom stereocenters. The normalized spacial score (nSPS) is 15.8. The van der Waals surface area contributed by atoms with Gasteiger partial charge in [0.2, 0.25) is 10.0 Å². The Labute approximate surface area is 190 Å². The molecular formula is C23H22N2O5S2. The number of carbonyl (C=O) groups is 1. The van der Waals surface area contributed by atoms with Crippen LogP contribution in [0.25, 0.3) is 0 Å². The highest BCUT2D eigenvalue weighted by Gasteiger charge is 2.32. The van der Waals surface area contributed by atoms with Crippen LogP contribution < -0.4 is 14.8 Å². The van der Waals surface area contributed by atoms with Crippen LogP contribution in [0.1, 0.15) is 26.4 Å². The second kappa shape index (κ2) is 8.57. The van der Waals surface area contributed by atoms with Gasteiger partial charge < -0.3 is 14.8 Å². The van der Waals surface area contributed by atoms with E-state index in [1.807, 2.05) is 42.5 Å². The van der Waals surface area contributed by atoms with Crippen LogP contribution in [0.3, 0.4) is 0 Å². The van der Waals surface area contributed by atoms with Crippen LogP contribution in [-0.2, 0) is 29.5 Å². The Morgan fingerprint density at radius 1 is 1.03 bits per heavy atom. The van der Waals surface area contributed by atoms with Crippen molar-refractivity contribution in [3.8, 4) is 11.5 Å². The summed E-state index contributed by atoms with van der Waals surface area (Å²) in [6, 6.07) is 14.9. The summed E-state index contributed by atoms with van der Waals surface area (Å²) in [5, 5.41) is 4.48. The van der Waals surface area contributed by atoms with Gasteiger partial charge in [0.1, 0.15) is 23.0 Å². The van der Waals surface area contributed by atoms with Gasteiger partial charge in [-0.3, -0.25) is 4.79 Å². The van der Waals surface area contributed by atoms with Crippen LogP contribution in [0.4, 0.5) is 0 Å². The largest absolute Gasteiger partial charge is 0.486 e. The summed E-state index contributed by atoms with van der Waals surface area (Å²) < 4.78 is 39.4. The molecule has 0 saturated carbocycles. The number of thiophene rings is 1. The Morgan fingerprint density at radius 2 is 1.84 bits per heavy atom. The minimum atomic E-state index is -3.80. The summed E-state index contributed by atoms with van der Waals surface area (Å²) in [6.45, 7) is 1.84. The molecule has 3 heterocycles. The van der Waals surface area contributed by atoms with E-state index < -0.39 is 15.9 Å². The summed E-state index contributed by atoms with van der Waals surface area (Å²) in [5.74, 6) is 0.836. The molecule has 32 heavy (non-hydrogen) atoms. The lowest BCUT2D eigenvalue weighted by atomic mass is 10.0. The Bertz CT molecular complexity index is 1270. The highest BCUT2D eigenvalue weighted by Crippen LogP contribution is 2.34. The molecule has 9 heteroatoms. The van der Waals surface area contributed by atoms with Gasteiger partial charge in [-0.15, -0.1) is 11.3 Å². The Balaban J connectivity index is 1.34. The fourth-order valence-electron chi connectivity index (χ4n) is 4.01. The smallest absolute Gasteiger partial charge is 0.263 e. The fraction of sp³-hybridized carbons (Fsp3) is 0.261. The van der Waals surface area contributed by atoms with Crippen molar-refractivity contribution in [1.82, 2.24) is 9.62 Å². The van der Waals surface area contributed by atoms with E-state index in [9.17, 15) is 13.2 Å². The van der Waals surface area contributed by atoms with Crippen LogP contribution >= 0.6 is 11.3 Å². The van der Waals surface area contributed by atoms with Gasteiger partial charge in [0.15, 0.2) is 11.5 Å². The van der Waals surface area contributed by atoms with Gasteiger partial charge in [-0.1, -0.05) is 36.4 Å². The average Bonchev–Trinajstić information content (AvgIpc) is 3.33. The number of hydrogen-bond acceptors (Lipinski definition) is 6. The van der Waals surface area contributed by atoms with Crippen LogP contribution in [0, 0.1) is 0 Å². The molecule has 0 aliphatic carbocycles. The van der Waals surface area contributed by atoms with E-state index in [4.69, 9.17) is 9.47 Å². The molecule has 2 aromatic carbocycles. The van der Waals surface area contributed by atoms with E-state index in [1.165, 1.54) is 15.9 Å². The molecule has 3 aromatic rings. The maximum atomic E-state index is 13.4. The first kappa shape index (κ1) is 21.0. The van der Waals surface area contributed by atoms with Crippen molar-refractivity contribution in [3.05, 3.63) is 75.5 Å². The van der Waals surface area contributed by atoms with E-state index in [0.29, 0.717) is 44.2 Å². The van der Waals surface area contributed by atoms with Crippen molar-refractivity contribution in [2.75, 3.05) is 19.8 Å². The first-order chi connectivity index (χ1) is 15.5. The van der Waals surface area contributed by atoms with Gasteiger partial charge in [-0.05, 0) is 35.1 Å². The Hall–Kier alpha value is -2.88. The highest BCUT2D eigenvalue weighted by atomic mass is 32.2. The number of ether oxygens (including phenoxy) is 2. The number of nitrogens with one attached hydrogen (secondary N) is 1. The first-order valence-electron chi connectivity index (χ1n) is 10.3. The number of carbonyl (C=O) groups excluding carboxylic acids is 1. The number of fused-ring (bicyclic) bond motifs is 2. The molecule has 0 saturated heterocycles. The zero-order valence-corrected chi connectivity index (χ0v) is 18.9. The summed E-state index contributed by atoms with van der Waals surface area (Å²) in [4.78, 5) is 13.2. The summed E-state index contributed by atoms with van der Waals surface area (Å²) in [7, 11) is -3.80. The molecule has 5 rings (SSSR count). The van der Waals surface area contributed by atoms with E-state index in [0.717, 1.165) is 22.5 Å². The third kappa shape index (κ3) is 3.87. The quantitative estimate of drug-likeness (QED) is 0.619. The Morgan fingerprint density at radius 3 is 2.72 bits per heavy atom. The van der Waals surface area contributed by atoms with Crippen molar-refractivity contribution in [2.45, 2.75) is 24.4 Å². The van der Waals surface area contributed by atoms with Gasteiger partial charge in [0.25, 0.3) is 5.91 Å². The number of nitrogens with zero attached hydrogens (tertiary/aromatic N) is 1. The summed E-state index contributed by atoms with van der Waals surface area (Å²) >= 11 is 1.12. The van der Waals surface area contributed by atoms with Gasteiger partial charge >= 0.3 is 0 Å². The molecule has 2 aliphatic heterocycles. The molecule has 7 nitrogen and oxygen atoms in total. The number of rotatable bonds is 5. The molecule has 1 amide bonds. The molecule has 2 aliphatic rings. The fourth-order valence-corrected chi connectivity index (χ4v) is 6.75. The molecule has 0 spiro atoms. The molecule has 0 radical (unpaired) electrons. The predicted octanol–water partition coefficient (Wildman–Crippen LogP) is 3.20. The molecule has 0 bridgehead atoms. The lowest BCUT2D eigenvalue weighted by Gasteiger charge is -2.28. The molecule has 166 valence electrons. The minimum Gasteiger partial charge on any atom is -0.486 e. The van der Waals surface area contributed by atoms with E-state index >= 15 is 0 Å². The highest BCUT2D eigenvalue weighted by molar-refractivity contribution is 7.89. The van der Waals surface area contributed by atoms with Gasteiger partial charge in [-0.25, -0.2) is 8.42 Å². The third-order valence-corrected chi connectivity index (χ3v) is 8.57. The summed E-state index contributed by atoms with van der Waals surface area (Å²) in [6.07, 6.45) is 0.655. The molecular weight excluding hydrogens is 448 g/mol. The van der Waals surface area contributed by atoms with Crippen molar-refractivity contribution in [1.29, 1.82) is 0 Å². The predicted molar refractivity (Wildman–Crippen MR) is 121 cm³/mol. The number of benzene rings is 2. The van der Waals surface area contributed by atoms with Gasteiger partial charge in [0.05, 0.1) is 0 Å². The Kier molecular flexibility index (Phi) is 5.62. The van der Waals surface area contributed by atoms with Crippen molar-refractivity contribution in [2.24, 2.45) is 0 Å².